The van der Waals surface area contributed by atoms with Gasteiger partial charge in [-0.1, -0.05) is 44.2 Å². The molecule has 0 spiro atoms. The van der Waals surface area contributed by atoms with Crippen LogP contribution in [0.2, 0.25) is 0 Å². The molecule has 2 fully saturated rings. The highest BCUT2D eigenvalue weighted by Gasteiger charge is 2.40. The molecule has 2 aromatic rings. The summed E-state index contributed by atoms with van der Waals surface area (Å²) in [6.45, 7) is 8.98. The zero-order chi connectivity index (χ0) is 22.7. The van der Waals surface area contributed by atoms with Crippen LogP contribution in [0.1, 0.15) is 53.7 Å². The number of carbonyl (C=O) groups excluding carboxylic acids is 1. The van der Waals surface area contributed by atoms with E-state index in [1.807, 2.05) is 12.1 Å². The monoisotopic (exact) mass is 436 g/mol. The molecule has 0 unspecified atom stereocenters. The molecule has 6 rings (SSSR count). The summed E-state index contributed by atoms with van der Waals surface area (Å²) in [6.07, 6.45) is 9.18. The molecule has 0 atom stereocenters. The molecule has 0 amide bonds. The lowest BCUT2D eigenvalue weighted by atomic mass is 9.64. The number of carboxylic acid groups (broad SMARTS) is 1. The molecule has 166 valence electrons. The van der Waals surface area contributed by atoms with E-state index in [9.17, 15) is 9.90 Å². The van der Waals surface area contributed by atoms with Crippen molar-refractivity contribution in [3.63, 3.8) is 0 Å². The van der Waals surface area contributed by atoms with Gasteiger partial charge < -0.3 is 14.8 Å². The molecule has 2 aliphatic heterocycles. The van der Waals surface area contributed by atoms with Crippen molar-refractivity contribution < 1.29 is 14.5 Å². The van der Waals surface area contributed by atoms with Gasteiger partial charge in [-0.05, 0) is 58.0 Å². The van der Waals surface area contributed by atoms with Crippen molar-refractivity contribution in [2.45, 2.75) is 32.1 Å². The Morgan fingerprint density at radius 2 is 1.79 bits per heavy atom. The number of fused-ring (bicyclic) bond motifs is 2. The molecule has 0 bridgehead atoms. The van der Waals surface area contributed by atoms with Crippen LogP contribution in [0, 0.1) is 0 Å². The average Bonchev–Trinajstić information content (AvgIpc) is 2.72. The maximum Gasteiger partial charge on any atom is 0.200 e. The molecule has 2 aromatic carbocycles. The maximum absolute atomic E-state index is 12.1. The molecule has 2 saturated heterocycles. The molecular weight excluding hydrogens is 408 g/mol. The Bertz CT molecular complexity index is 1310. The number of carbonyl (C=O) groups is 1. The van der Waals surface area contributed by atoms with Crippen molar-refractivity contribution in [1.82, 2.24) is 0 Å². The zero-order valence-electron chi connectivity index (χ0n) is 19.2. The summed E-state index contributed by atoms with van der Waals surface area (Å²) in [7, 11) is 0. The van der Waals surface area contributed by atoms with E-state index in [0.717, 1.165) is 48.5 Å². The van der Waals surface area contributed by atoms with Gasteiger partial charge in [0, 0.05) is 41.9 Å². The molecule has 0 N–H and O–H groups in total. The van der Waals surface area contributed by atoms with Crippen LogP contribution in [-0.2, 0) is 5.41 Å². The van der Waals surface area contributed by atoms with Crippen molar-refractivity contribution >= 4 is 22.9 Å². The quantitative estimate of drug-likeness (QED) is 0.690. The fraction of sp³-hybridized carbons (Fsp3) is 0.310. The van der Waals surface area contributed by atoms with Gasteiger partial charge >= 0.3 is 0 Å². The third kappa shape index (κ3) is 3.04. The number of anilines is 1. The minimum absolute atomic E-state index is 0.202. The van der Waals surface area contributed by atoms with E-state index in [0.29, 0.717) is 0 Å². The van der Waals surface area contributed by atoms with Crippen molar-refractivity contribution in [2.75, 3.05) is 31.1 Å². The van der Waals surface area contributed by atoms with Crippen LogP contribution in [0.4, 0.5) is 5.69 Å². The van der Waals surface area contributed by atoms with E-state index in [1.165, 1.54) is 35.4 Å². The van der Waals surface area contributed by atoms with E-state index in [-0.39, 0.29) is 11.0 Å². The third-order valence-electron chi connectivity index (χ3n) is 7.75. The van der Waals surface area contributed by atoms with Crippen LogP contribution in [0.25, 0.3) is 5.57 Å². The minimum Gasteiger partial charge on any atom is -0.545 e. The van der Waals surface area contributed by atoms with Crippen molar-refractivity contribution in [2.24, 2.45) is 0 Å². The van der Waals surface area contributed by atoms with Crippen molar-refractivity contribution in [1.29, 1.82) is 0 Å². The van der Waals surface area contributed by atoms with Crippen LogP contribution in [-0.4, -0.2) is 42.4 Å². The number of allylic oxidation sites excluding steroid dienone is 5. The van der Waals surface area contributed by atoms with Crippen LogP contribution in [0.5, 0.6) is 0 Å². The highest BCUT2D eigenvalue weighted by Crippen LogP contribution is 2.51. The first kappa shape index (κ1) is 20.2. The third-order valence-corrected chi connectivity index (χ3v) is 7.75. The Balaban J connectivity index is 1.64. The first-order valence-corrected chi connectivity index (χ1v) is 11.9. The molecular formula is C29H28N2O2. The molecule has 4 aliphatic rings. The number of hydrogen-bond donors (Lipinski definition) is 0. The van der Waals surface area contributed by atoms with Crippen LogP contribution in [0.3, 0.4) is 0 Å². The van der Waals surface area contributed by atoms with Crippen LogP contribution in [0.15, 0.2) is 71.8 Å². The number of rotatable bonds is 3. The van der Waals surface area contributed by atoms with Gasteiger partial charge in [0.2, 0.25) is 0 Å². The zero-order valence-corrected chi connectivity index (χ0v) is 19.2. The van der Waals surface area contributed by atoms with E-state index in [1.54, 1.807) is 12.1 Å². The molecule has 4 nitrogen and oxygen atoms in total. The number of carboxylic acids is 1. The number of aromatic carboxylic acids is 1. The Labute approximate surface area is 194 Å². The van der Waals surface area contributed by atoms with E-state index < -0.39 is 5.97 Å². The number of nitrogens with zero attached hydrogens (tertiary/aromatic N) is 2. The Kier molecular flexibility index (Phi) is 4.48. The first-order valence-electron chi connectivity index (χ1n) is 11.9. The normalized spacial score (nSPS) is 20.5. The van der Waals surface area contributed by atoms with Gasteiger partial charge in [0.25, 0.3) is 0 Å². The highest BCUT2D eigenvalue weighted by molar-refractivity contribution is 6.08. The van der Waals surface area contributed by atoms with E-state index >= 15 is 0 Å². The summed E-state index contributed by atoms with van der Waals surface area (Å²) in [5.41, 5.74) is 8.99. The number of benzene rings is 2. The first-order chi connectivity index (χ1) is 15.9. The minimum atomic E-state index is -1.14. The molecule has 33 heavy (non-hydrogen) atoms. The largest absolute Gasteiger partial charge is 0.545 e. The lowest BCUT2D eigenvalue weighted by Crippen LogP contribution is -2.38. The second kappa shape index (κ2) is 7.31. The molecule has 4 heteroatoms. The summed E-state index contributed by atoms with van der Waals surface area (Å²) >= 11 is 0. The van der Waals surface area contributed by atoms with Gasteiger partial charge in [-0.3, -0.25) is 0 Å². The van der Waals surface area contributed by atoms with Gasteiger partial charge in [0.05, 0.1) is 12.4 Å². The predicted octanol–water partition coefficient (Wildman–Crippen LogP) is 3.71. The van der Waals surface area contributed by atoms with E-state index in [4.69, 9.17) is 0 Å². The standard InChI is InChI=1S/C29H28N2O2/c1-29(2)25-17-19(30-13-5-14-30)9-11-23(25)27(21-7-3-4-8-22(21)28(32)33)24-12-10-20(18-26(24)29)31-15-6-16-31/h3-4,7-12,17-18H,5-6,13-16H2,1-2H3. The Morgan fingerprint density at radius 3 is 2.45 bits per heavy atom. The fourth-order valence-electron chi connectivity index (χ4n) is 5.54. The Hall–Kier alpha value is -3.40. The topological polar surface area (TPSA) is 46.4 Å². The summed E-state index contributed by atoms with van der Waals surface area (Å²) in [6, 6.07) is 14.0. The summed E-state index contributed by atoms with van der Waals surface area (Å²) in [5.74, 6) is -1.14. The second-order valence-corrected chi connectivity index (χ2v) is 9.97. The van der Waals surface area contributed by atoms with E-state index in [2.05, 4.69) is 59.8 Å². The highest BCUT2D eigenvalue weighted by atomic mass is 16.4. The number of hydrogen-bond acceptors (Lipinski definition) is 3. The lowest BCUT2D eigenvalue weighted by molar-refractivity contribution is -0.582. The van der Waals surface area contributed by atoms with Gasteiger partial charge in [-0.2, -0.15) is 0 Å². The van der Waals surface area contributed by atoms with Crippen LogP contribution < -0.4 is 10.0 Å². The summed E-state index contributed by atoms with van der Waals surface area (Å²) < 4.78 is 2.41. The van der Waals surface area contributed by atoms with Gasteiger partial charge in [0.1, 0.15) is 13.1 Å². The summed E-state index contributed by atoms with van der Waals surface area (Å²) in [5, 5.41) is 12.1. The Morgan fingerprint density at radius 1 is 1.00 bits per heavy atom. The van der Waals surface area contributed by atoms with Gasteiger partial charge in [-0.25, -0.2) is 4.58 Å². The van der Waals surface area contributed by atoms with Gasteiger partial charge in [0.15, 0.2) is 5.71 Å². The van der Waals surface area contributed by atoms with Gasteiger partial charge in [-0.15, -0.1) is 0 Å². The average molecular weight is 437 g/mol. The summed E-state index contributed by atoms with van der Waals surface area (Å²) in [4.78, 5) is 14.5. The second-order valence-electron chi connectivity index (χ2n) is 9.97. The molecule has 0 aromatic heterocycles. The fourth-order valence-corrected chi connectivity index (χ4v) is 5.54. The van der Waals surface area contributed by atoms with Crippen molar-refractivity contribution in [3.05, 3.63) is 94.1 Å². The smallest absolute Gasteiger partial charge is 0.200 e. The molecule has 2 aliphatic carbocycles. The molecule has 0 radical (unpaired) electrons. The SMILES string of the molecule is CC1(C)C2=CC(=[N+]3CCC3)C=CC2=C(c2ccccc2C(=O)[O-])c2ccc(N3CCC3)cc21. The predicted molar refractivity (Wildman–Crippen MR) is 130 cm³/mol. The van der Waals surface area contributed by atoms with Crippen LogP contribution >= 0.6 is 0 Å². The maximum atomic E-state index is 12.1. The lowest BCUT2D eigenvalue weighted by Gasteiger charge is -2.41. The molecule has 2 heterocycles. The molecule has 0 saturated carbocycles. The van der Waals surface area contributed by atoms with Crippen molar-refractivity contribution in [3.8, 4) is 0 Å².